The summed E-state index contributed by atoms with van der Waals surface area (Å²) in [5.41, 5.74) is 5.07. The largest absolute Gasteiger partial charge is 0.326 e. The normalized spacial score (nSPS) is 16.7. The van der Waals surface area contributed by atoms with Gasteiger partial charge in [-0.05, 0) is 42.7 Å². The van der Waals surface area contributed by atoms with Gasteiger partial charge in [-0.1, -0.05) is 18.2 Å². The summed E-state index contributed by atoms with van der Waals surface area (Å²) in [6, 6.07) is 11.9. The van der Waals surface area contributed by atoms with Crippen molar-refractivity contribution in [2.24, 2.45) is 10.9 Å². The van der Waals surface area contributed by atoms with E-state index >= 15 is 0 Å². The highest BCUT2D eigenvalue weighted by Crippen LogP contribution is 2.31. The van der Waals surface area contributed by atoms with Crippen LogP contribution in [0.2, 0.25) is 0 Å². The third kappa shape index (κ3) is 2.93. The molecule has 1 amide bonds. The minimum atomic E-state index is 0.125. The summed E-state index contributed by atoms with van der Waals surface area (Å²) in [6.07, 6.45) is 7.72. The van der Waals surface area contributed by atoms with E-state index in [1.807, 2.05) is 36.4 Å². The van der Waals surface area contributed by atoms with Gasteiger partial charge >= 0.3 is 0 Å². The Kier molecular flexibility index (Phi) is 3.50. The van der Waals surface area contributed by atoms with E-state index in [9.17, 15) is 4.79 Å². The van der Waals surface area contributed by atoms with Crippen molar-refractivity contribution in [3.05, 3.63) is 66.0 Å². The second-order valence-electron chi connectivity index (χ2n) is 5.89. The zero-order valence-corrected chi connectivity index (χ0v) is 12.7. The Balaban J connectivity index is 1.60. The first-order valence-corrected chi connectivity index (χ1v) is 7.88. The van der Waals surface area contributed by atoms with Crippen LogP contribution in [0.15, 0.2) is 59.9 Å². The maximum atomic E-state index is 11.9. The molecule has 1 fully saturated rings. The number of aliphatic imine (C=N–C) groups is 1. The van der Waals surface area contributed by atoms with E-state index in [2.05, 4.69) is 21.4 Å². The molecule has 4 heteroatoms. The second kappa shape index (κ2) is 5.80. The molecule has 1 aromatic heterocycles. The fraction of sp³-hybridized carbons (Fsp3) is 0.211. The van der Waals surface area contributed by atoms with E-state index in [0.29, 0.717) is 6.54 Å². The number of hydrogen-bond acceptors (Lipinski definition) is 3. The minimum Gasteiger partial charge on any atom is -0.326 e. The van der Waals surface area contributed by atoms with Crippen LogP contribution in [0, 0.1) is 5.92 Å². The van der Waals surface area contributed by atoms with Crippen molar-refractivity contribution in [2.45, 2.75) is 12.8 Å². The summed E-state index contributed by atoms with van der Waals surface area (Å²) in [5, 5.41) is 3.00. The average Bonchev–Trinajstić information content (AvgIpc) is 3.33. The highest BCUT2D eigenvalue weighted by atomic mass is 16.2. The van der Waals surface area contributed by atoms with Crippen molar-refractivity contribution in [3.8, 4) is 0 Å². The first-order chi connectivity index (χ1) is 11.3. The van der Waals surface area contributed by atoms with Gasteiger partial charge in [-0.25, -0.2) is 0 Å². The average molecular weight is 303 g/mol. The maximum absolute atomic E-state index is 11.9. The molecule has 23 heavy (non-hydrogen) atoms. The molecule has 1 aromatic carbocycles. The van der Waals surface area contributed by atoms with Gasteiger partial charge in [0, 0.05) is 35.1 Å². The third-order valence-corrected chi connectivity index (χ3v) is 4.14. The smallest absolute Gasteiger partial charge is 0.227 e. The molecule has 1 aliphatic heterocycles. The molecule has 2 aliphatic rings. The molecule has 1 aliphatic carbocycles. The number of carbonyl (C=O) groups excluding carboxylic acids is 1. The van der Waals surface area contributed by atoms with E-state index in [1.165, 1.54) is 0 Å². The number of benzene rings is 1. The van der Waals surface area contributed by atoms with Crippen molar-refractivity contribution in [1.82, 2.24) is 4.98 Å². The van der Waals surface area contributed by atoms with Crippen molar-refractivity contribution in [2.75, 3.05) is 11.9 Å². The Labute approximate surface area is 135 Å². The predicted molar refractivity (Wildman–Crippen MR) is 91.4 cm³/mol. The van der Waals surface area contributed by atoms with Crippen molar-refractivity contribution < 1.29 is 4.79 Å². The number of amides is 1. The van der Waals surface area contributed by atoms with Gasteiger partial charge < -0.3 is 5.32 Å². The molecule has 0 spiro atoms. The number of aromatic nitrogens is 1. The molecule has 4 nitrogen and oxygen atoms in total. The number of allylic oxidation sites excluding steroid dienone is 1. The molecule has 0 radical (unpaired) electrons. The van der Waals surface area contributed by atoms with Crippen LogP contribution in [0.25, 0.3) is 5.57 Å². The number of anilines is 1. The molecule has 1 N–H and O–H groups in total. The summed E-state index contributed by atoms with van der Waals surface area (Å²) < 4.78 is 0. The van der Waals surface area contributed by atoms with Gasteiger partial charge in [0.25, 0.3) is 0 Å². The van der Waals surface area contributed by atoms with E-state index in [1.54, 1.807) is 12.4 Å². The van der Waals surface area contributed by atoms with Crippen LogP contribution >= 0.6 is 0 Å². The monoisotopic (exact) mass is 303 g/mol. The maximum Gasteiger partial charge on any atom is 0.227 e. The molecule has 0 saturated heterocycles. The summed E-state index contributed by atoms with van der Waals surface area (Å²) in [4.78, 5) is 20.6. The Morgan fingerprint density at radius 3 is 2.70 bits per heavy atom. The molecule has 0 bridgehead atoms. The molecular formula is C19H17N3O. The van der Waals surface area contributed by atoms with Gasteiger partial charge in [-0.15, -0.1) is 0 Å². The molecular weight excluding hydrogens is 286 g/mol. The molecule has 2 aromatic rings. The molecule has 0 atom stereocenters. The predicted octanol–water partition coefficient (Wildman–Crippen LogP) is 3.32. The SMILES string of the molecule is O=C(Nc1cccc(C2=NCC=C2c2ccncc2)c1)C1CC1. The lowest BCUT2D eigenvalue weighted by molar-refractivity contribution is -0.117. The standard InChI is InChI=1S/C19H17N3O/c23-19(14-4-5-14)22-16-3-1-2-15(12-16)18-17(8-11-21-18)13-6-9-20-10-7-13/h1-3,6-10,12,14H,4-5,11H2,(H,22,23). The molecule has 2 heterocycles. The fourth-order valence-electron chi connectivity index (χ4n) is 2.78. The van der Waals surface area contributed by atoms with E-state index in [4.69, 9.17) is 0 Å². The van der Waals surface area contributed by atoms with Gasteiger partial charge in [-0.2, -0.15) is 0 Å². The zero-order chi connectivity index (χ0) is 15.6. The van der Waals surface area contributed by atoms with Crippen LogP contribution < -0.4 is 5.32 Å². The van der Waals surface area contributed by atoms with Gasteiger partial charge in [0.15, 0.2) is 0 Å². The van der Waals surface area contributed by atoms with E-state index in [0.717, 1.165) is 40.9 Å². The topological polar surface area (TPSA) is 54.4 Å². The van der Waals surface area contributed by atoms with Crippen LogP contribution in [0.5, 0.6) is 0 Å². The number of rotatable bonds is 4. The number of hydrogen-bond donors (Lipinski definition) is 1. The van der Waals surface area contributed by atoms with Crippen LogP contribution in [0.4, 0.5) is 5.69 Å². The molecule has 0 unspecified atom stereocenters. The second-order valence-corrected chi connectivity index (χ2v) is 5.89. The summed E-state index contributed by atoms with van der Waals surface area (Å²) in [7, 11) is 0. The van der Waals surface area contributed by atoms with Gasteiger partial charge in [-0.3, -0.25) is 14.8 Å². The summed E-state index contributed by atoms with van der Waals surface area (Å²) in [6.45, 7) is 0.686. The lowest BCUT2D eigenvalue weighted by Crippen LogP contribution is -2.13. The van der Waals surface area contributed by atoms with E-state index < -0.39 is 0 Å². The summed E-state index contributed by atoms with van der Waals surface area (Å²) >= 11 is 0. The molecule has 1 saturated carbocycles. The lowest BCUT2D eigenvalue weighted by atomic mass is 9.97. The van der Waals surface area contributed by atoms with Gasteiger partial charge in [0.1, 0.15) is 0 Å². The first-order valence-electron chi connectivity index (χ1n) is 7.88. The van der Waals surface area contributed by atoms with Gasteiger partial charge in [0.2, 0.25) is 5.91 Å². The Morgan fingerprint density at radius 1 is 1.09 bits per heavy atom. The Morgan fingerprint density at radius 2 is 1.91 bits per heavy atom. The lowest BCUT2D eigenvalue weighted by Gasteiger charge is -2.10. The molecule has 114 valence electrons. The van der Waals surface area contributed by atoms with Crippen LogP contribution in [-0.4, -0.2) is 23.1 Å². The fourth-order valence-corrected chi connectivity index (χ4v) is 2.78. The Hall–Kier alpha value is -2.75. The van der Waals surface area contributed by atoms with Crippen LogP contribution in [0.1, 0.15) is 24.0 Å². The summed E-state index contributed by atoms with van der Waals surface area (Å²) in [5.74, 6) is 0.329. The number of carbonyl (C=O) groups is 1. The van der Waals surface area contributed by atoms with Crippen LogP contribution in [0.3, 0.4) is 0 Å². The van der Waals surface area contributed by atoms with Crippen LogP contribution in [-0.2, 0) is 4.79 Å². The highest BCUT2D eigenvalue weighted by molar-refractivity contribution is 6.33. The minimum absolute atomic E-state index is 0.125. The number of pyridine rings is 1. The highest BCUT2D eigenvalue weighted by Gasteiger charge is 2.29. The Bertz CT molecular complexity index is 804. The van der Waals surface area contributed by atoms with Gasteiger partial charge in [0.05, 0.1) is 12.3 Å². The number of nitrogens with zero attached hydrogens (tertiary/aromatic N) is 2. The van der Waals surface area contributed by atoms with Crippen molar-refractivity contribution >= 4 is 22.9 Å². The number of nitrogens with one attached hydrogen (secondary N) is 1. The molecule has 4 rings (SSSR count). The van der Waals surface area contributed by atoms with E-state index in [-0.39, 0.29) is 11.8 Å². The quantitative estimate of drug-likeness (QED) is 0.942. The van der Waals surface area contributed by atoms with Crippen molar-refractivity contribution in [1.29, 1.82) is 0 Å². The third-order valence-electron chi connectivity index (χ3n) is 4.14. The first kappa shape index (κ1) is 13.9. The van der Waals surface area contributed by atoms with Crippen molar-refractivity contribution in [3.63, 3.8) is 0 Å². The zero-order valence-electron chi connectivity index (χ0n) is 12.7.